The maximum Gasteiger partial charge on any atom is 0.243 e. The molecule has 1 N–H and O–H groups in total. The molecule has 0 spiro atoms. The number of hydrogen-bond donors (Lipinski definition) is 1. The lowest BCUT2D eigenvalue weighted by Gasteiger charge is -2.26. The number of halogens is 1. The summed E-state index contributed by atoms with van der Waals surface area (Å²) >= 11 is 7.52. The van der Waals surface area contributed by atoms with E-state index in [4.69, 9.17) is 21.1 Å². The Hall–Kier alpha value is -1.78. The summed E-state index contributed by atoms with van der Waals surface area (Å²) in [6.45, 7) is 1.98. The number of carbonyl (C=O) groups excluding carboxylic acids is 1. The van der Waals surface area contributed by atoms with Crippen LogP contribution in [0, 0.1) is 0 Å². The predicted octanol–water partition coefficient (Wildman–Crippen LogP) is 3.21. The minimum atomic E-state index is -3.61. The Morgan fingerprint density at radius 3 is 2.59 bits per heavy atom. The summed E-state index contributed by atoms with van der Waals surface area (Å²) in [7, 11) is -2.08. The molecule has 0 atom stereocenters. The van der Waals surface area contributed by atoms with Crippen LogP contribution in [0.15, 0.2) is 52.3 Å². The molecule has 0 aromatic heterocycles. The molecule has 0 aliphatic carbocycles. The second-order valence-corrected chi connectivity index (χ2v) is 10.7. The van der Waals surface area contributed by atoms with Gasteiger partial charge in [0.15, 0.2) is 0 Å². The molecule has 1 aliphatic heterocycles. The molecule has 0 unspecified atom stereocenters. The fourth-order valence-corrected chi connectivity index (χ4v) is 5.63. The molecular formula is C22H27ClN2O5S2. The van der Waals surface area contributed by atoms with E-state index < -0.39 is 10.0 Å². The van der Waals surface area contributed by atoms with Crippen molar-refractivity contribution in [3.8, 4) is 5.75 Å². The number of morpholine rings is 1. The summed E-state index contributed by atoms with van der Waals surface area (Å²) in [5.74, 6) is 1.21. The van der Waals surface area contributed by atoms with Gasteiger partial charge in [0, 0.05) is 41.7 Å². The minimum absolute atomic E-state index is 0.0924. The minimum Gasteiger partial charge on any atom is -0.496 e. The molecule has 0 radical (unpaired) electrons. The number of benzene rings is 2. The van der Waals surface area contributed by atoms with E-state index in [-0.39, 0.29) is 17.2 Å². The average Bonchev–Trinajstić information content (AvgIpc) is 2.82. The first-order valence-electron chi connectivity index (χ1n) is 10.3. The molecule has 1 saturated heterocycles. The van der Waals surface area contributed by atoms with E-state index in [9.17, 15) is 13.2 Å². The summed E-state index contributed by atoms with van der Waals surface area (Å²) in [5, 5.41) is 3.60. The van der Waals surface area contributed by atoms with Gasteiger partial charge in [-0.3, -0.25) is 4.79 Å². The second kappa shape index (κ2) is 11.9. The highest BCUT2D eigenvalue weighted by Gasteiger charge is 2.27. The van der Waals surface area contributed by atoms with E-state index in [1.807, 2.05) is 24.3 Å². The Labute approximate surface area is 198 Å². The zero-order chi connectivity index (χ0) is 23.0. The molecule has 1 fully saturated rings. The third-order valence-electron chi connectivity index (χ3n) is 4.99. The number of aryl methyl sites for hydroxylation is 1. The van der Waals surface area contributed by atoms with E-state index >= 15 is 0 Å². The quantitative estimate of drug-likeness (QED) is 0.400. The lowest BCUT2D eigenvalue weighted by molar-refractivity contribution is -0.120. The van der Waals surface area contributed by atoms with Crippen molar-refractivity contribution in [1.29, 1.82) is 0 Å². The first-order valence-corrected chi connectivity index (χ1v) is 13.1. The van der Waals surface area contributed by atoms with Crippen molar-refractivity contribution >= 4 is 39.3 Å². The summed E-state index contributed by atoms with van der Waals surface area (Å²) in [5.41, 5.74) is 0.688. The Morgan fingerprint density at radius 2 is 1.91 bits per heavy atom. The van der Waals surface area contributed by atoms with Gasteiger partial charge in [-0.1, -0.05) is 11.6 Å². The maximum atomic E-state index is 12.9. The van der Waals surface area contributed by atoms with Gasteiger partial charge in [0.25, 0.3) is 0 Å². The SMILES string of the molecule is COc1ccc(S(=O)(=O)N2CCOCC2)cc1CCC(=O)NCCSc1ccc(Cl)cc1. The summed E-state index contributed by atoms with van der Waals surface area (Å²) in [4.78, 5) is 13.6. The van der Waals surface area contributed by atoms with Crippen LogP contribution >= 0.6 is 23.4 Å². The third-order valence-corrected chi connectivity index (χ3v) is 8.15. The normalized spacial score (nSPS) is 14.8. The molecule has 1 aliphatic rings. The van der Waals surface area contributed by atoms with Crippen molar-refractivity contribution in [2.24, 2.45) is 0 Å². The summed E-state index contributed by atoms with van der Waals surface area (Å²) in [6, 6.07) is 12.3. The van der Waals surface area contributed by atoms with Gasteiger partial charge >= 0.3 is 0 Å². The highest BCUT2D eigenvalue weighted by Crippen LogP contribution is 2.26. The maximum absolute atomic E-state index is 12.9. The molecule has 32 heavy (non-hydrogen) atoms. The molecule has 10 heteroatoms. The molecule has 2 aromatic carbocycles. The fraction of sp³-hybridized carbons (Fsp3) is 0.409. The van der Waals surface area contributed by atoms with Crippen molar-refractivity contribution in [1.82, 2.24) is 9.62 Å². The predicted molar refractivity (Wildman–Crippen MR) is 126 cm³/mol. The lowest BCUT2D eigenvalue weighted by Crippen LogP contribution is -2.40. The highest BCUT2D eigenvalue weighted by atomic mass is 35.5. The Bertz CT molecular complexity index is 1010. The van der Waals surface area contributed by atoms with Gasteiger partial charge in [-0.2, -0.15) is 4.31 Å². The van der Waals surface area contributed by atoms with Crippen molar-refractivity contribution in [3.63, 3.8) is 0 Å². The van der Waals surface area contributed by atoms with Gasteiger partial charge in [-0.25, -0.2) is 8.42 Å². The van der Waals surface area contributed by atoms with Gasteiger partial charge in [0.2, 0.25) is 15.9 Å². The van der Waals surface area contributed by atoms with Gasteiger partial charge < -0.3 is 14.8 Å². The van der Waals surface area contributed by atoms with Gasteiger partial charge in [-0.05, 0) is 54.4 Å². The molecule has 3 rings (SSSR count). The van der Waals surface area contributed by atoms with Crippen LogP contribution < -0.4 is 10.1 Å². The number of sulfonamides is 1. The van der Waals surface area contributed by atoms with Gasteiger partial charge in [0.05, 0.1) is 25.2 Å². The number of nitrogens with one attached hydrogen (secondary N) is 1. The molecule has 1 amide bonds. The number of thioether (sulfide) groups is 1. The number of nitrogens with zero attached hydrogens (tertiary/aromatic N) is 1. The van der Waals surface area contributed by atoms with E-state index in [1.165, 1.54) is 11.4 Å². The smallest absolute Gasteiger partial charge is 0.243 e. The molecule has 1 heterocycles. The number of rotatable bonds is 10. The number of ether oxygens (including phenoxy) is 2. The van der Waals surface area contributed by atoms with Crippen LogP contribution in [-0.2, 0) is 26.0 Å². The van der Waals surface area contributed by atoms with E-state index in [2.05, 4.69) is 5.32 Å². The van der Waals surface area contributed by atoms with E-state index in [1.54, 1.807) is 30.0 Å². The van der Waals surface area contributed by atoms with Crippen LogP contribution in [0.25, 0.3) is 0 Å². The number of hydrogen-bond acceptors (Lipinski definition) is 6. The fourth-order valence-electron chi connectivity index (χ4n) is 3.27. The third kappa shape index (κ3) is 6.86. The zero-order valence-corrected chi connectivity index (χ0v) is 20.3. The van der Waals surface area contributed by atoms with Crippen molar-refractivity contribution in [2.45, 2.75) is 22.6 Å². The summed E-state index contributed by atoms with van der Waals surface area (Å²) < 4.78 is 37.9. The van der Waals surface area contributed by atoms with Gasteiger partial charge in [-0.15, -0.1) is 11.8 Å². The number of carbonyl (C=O) groups is 1. The second-order valence-electron chi connectivity index (χ2n) is 7.14. The zero-order valence-electron chi connectivity index (χ0n) is 17.9. The molecule has 7 nitrogen and oxygen atoms in total. The Morgan fingerprint density at radius 1 is 1.19 bits per heavy atom. The molecule has 0 saturated carbocycles. The average molecular weight is 499 g/mol. The molecule has 2 aromatic rings. The van der Waals surface area contributed by atoms with Gasteiger partial charge in [0.1, 0.15) is 5.75 Å². The van der Waals surface area contributed by atoms with Crippen LogP contribution in [-0.4, -0.2) is 64.3 Å². The summed E-state index contributed by atoms with van der Waals surface area (Å²) in [6.07, 6.45) is 0.620. The standard InChI is InChI=1S/C22H27ClN2O5S2/c1-29-21-8-7-20(32(27,28)25-11-13-30-14-12-25)16-17(21)2-9-22(26)24-10-15-31-19-5-3-18(23)4-6-19/h3-8,16H,2,9-15H2,1H3,(H,24,26). The Balaban J connectivity index is 1.53. The monoisotopic (exact) mass is 498 g/mol. The van der Waals surface area contributed by atoms with Crippen LogP contribution in [0.4, 0.5) is 0 Å². The lowest BCUT2D eigenvalue weighted by atomic mass is 10.1. The molecule has 0 bridgehead atoms. The van der Waals surface area contributed by atoms with Crippen LogP contribution in [0.1, 0.15) is 12.0 Å². The molecular weight excluding hydrogens is 472 g/mol. The van der Waals surface area contributed by atoms with Crippen molar-refractivity contribution in [3.05, 3.63) is 53.1 Å². The highest BCUT2D eigenvalue weighted by molar-refractivity contribution is 7.99. The topological polar surface area (TPSA) is 84.9 Å². The number of amides is 1. The van der Waals surface area contributed by atoms with Crippen LogP contribution in [0.5, 0.6) is 5.75 Å². The molecule has 174 valence electrons. The van der Waals surface area contributed by atoms with Crippen molar-refractivity contribution < 1.29 is 22.7 Å². The van der Waals surface area contributed by atoms with E-state index in [0.29, 0.717) is 55.6 Å². The largest absolute Gasteiger partial charge is 0.496 e. The number of methoxy groups -OCH3 is 1. The first-order chi connectivity index (χ1) is 15.4. The van der Waals surface area contributed by atoms with Crippen molar-refractivity contribution in [2.75, 3.05) is 45.7 Å². The van der Waals surface area contributed by atoms with Crippen LogP contribution in [0.3, 0.4) is 0 Å². The first kappa shape index (κ1) is 24.9. The van der Waals surface area contributed by atoms with E-state index in [0.717, 1.165) is 10.6 Å². The Kier molecular flexibility index (Phi) is 9.24. The van der Waals surface area contributed by atoms with Crippen LogP contribution in [0.2, 0.25) is 5.02 Å².